The minimum atomic E-state index is -0.678. The van der Waals surface area contributed by atoms with Crippen molar-refractivity contribution < 1.29 is 18.0 Å². The number of halogens is 2. The van der Waals surface area contributed by atoms with Crippen LogP contribution in [-0.4, -0.2) is 5.91 Å². The van der Waals surface area contributed by atoms with Crippen LogP contribution in [0.15, 0.2) is 41.0 Å². The molecule has 0 radical (unpaired) electrons. The molecule has 2 aromatic carbocycles. The van der Waals surface area contributed by atoms with Crippen molar-refractivity contribution >= 4 is 22.6 Å². The monoisotopic (exact) mass is 315 g/mol. The smallest absolute Gasteiger partial charge is 0.229 e. The first-order valence-corrected chi connectivity index (χ1v) is 7.17. The number of hydrogen-bond acceptors (Lipinski definition) is 2. The highest BCUT2D eigenvalue weighted by Crippen LogP contribution is 2.27. The van der Waals surface area contributed by atoms with E-state index in [0.29, 0.717) is 5.56 Å². The van der Waals surface area contributed by atoms with Crippen molar-refractivity contribution in [2.24, 2.45) is 0 Å². The third kappa shape index (κ3) is 2.95. The zero-order valence-corrected chi connectivity index (χ0v) is 12.7. The minimum Gasteiger partial charge on any atom is -0.464 e. The molecule has 118 valence electrons. The fourth-order valence-electron chi connectivity index (χ4n) is 2.49. The summed E-state index contributed by atoms with van der Waals surface area (Å²) in [5, 5.41) is 3.23. The second-order valence-electron chi connectivity index (χ2n) is 5.49. The largest absolute Gasteiger partial charge is 0.464 e. The molecule has 3 nitrogen and oxygen atoms in total. The van der Waals surface area contributed by atoms with Crippen LogP contribution in [0.25, 0.3) is 11.0 Å². The molecule has 5 heteroatoms. The van der Waals surface area contributed by atoms with Gasteiger partial charge in [-0.2, -0.15) is 0 Å². The van der Waals surface area contributed by atoms with Gasteiger partial charge in [0, 0.05) is 17.0 Å². The molecular weight excluding hydrogens is 300 g/mol. The van der Waals surface area contributed by atoms with Gasteiger partial charge in [-0.3, -0.25) is 4.79 Å². The van der Waals surface area contributed by atoms with Crippen LogP contribution in [0.1, 0.15) is 16.7 Å². The summed E-state index contributed by atoms with van der Waals surface area (Å²) in [6.07, 6.45) is 1.55. The lowest BCUT2D eigenvalue weighted by atomic mass is 10.0. The summed E-state index contributed by atoms with van der Waals surface area (Å²) in [5.41, 5.74) is 3.40. The van der Waals surface area contributed by atoms with E-state index in [1.807, 2.05) is 26.0 Å². The number of fused-ring (bicyclic) bond motifs is 1. The van der Waals surface area contributed by atoms with Crippen LogP contribution in [-0.2, 0) is 11.2 Å². The summed E-state index contributed by atoms with van der Waals surface area (Å²) >= 11 is 0. The van der Waals surface area contributed by atoms with Gasteiger partial charge < -0.3 is 9.73 Å². The quantitative estimate of drug-likeness (QED) is 0.772. The van der Waals surface area contributed by atoms with Gasteiger partial charge in [0.05, 0.1) is 18.4 Å². The predicted octanol–water partition coefficient (Wildman–Crippen LogP) is 4.51. The molecule has 23 heavy (non-hydrogen) atoms. The van der Waals surface area contributed by atoms with E-state index in [-0.39, 0.29) is 12.1 Å². The number of anilines is 1. The van der Waals surface area contributed by atoms with Crippen LogP contribution in [0.2, 0.25) is 0 Å². The van der Waals surface area contributed by atoms with Crippen LogP contribution in [0, 0.1) is 25.5 Å². The van der Waals surface area contributed by atoms with E-state index in [2.05, 4.69) is 5.32 Å². The minimum absolute atomic E-state index is 0.0193. The maximum Gasteiger partial charge on any atom is 0.229 e. The molecule has 0 saturated carbocycles. The fourth-order valence-corrected chi connectivity index (χ4v) is 2.49. The Morgan fingerprint density at radius 3 is 2.74 bits per heavy atom. The number of benzene rings is 2. The molecule has 0 aliphatic rings. The van der Waals surface area contributed by atoms with Crippen LogP contribution >= 0.6 is 0 Å². The second-order valence-corrected chi connectivity index (χ2v) is 5.49. The van der Waals surface area contributed by atoms with E-state index in [1.165, 1.54) is 6.26 Å². The van der Waals surface area contributed by atoms with Crippen LogP contribution < -0.4 is 5.32 Å². The highest BCUT2D eigenvalue weighted by molar-refractivity contribution is 5.96. The topological polar surface area (TPSA) is 42.2 Å². The number of furan rings is 1. The average molecular weight is 315 g/mol. The molecule has 0 bridgehead atoms. The Hall–Kier alpha value is -2.69. The SMILES string of the molecule is Cc1ccc2c(CC(=O)Nc3cc(F)ccc3F)coc2c1C. The van der Waals surface area contributed by atoms with Crippen molar-refractivity contribution in [3.05, 3.63) is 64.9 Å². The lowest BCUT2D eigenvalue weighted by molar-refractivity contribution is -0.115. The number of carbonyl (C=O) groups excluding carboxylic acids is 1. The van der Waals surface area contributed by atoms with Crippen molar-refractivity contribution in [2.45, 2.75) is 20.3 Å². The highest BCUT2D eigenvalue weighted by Gasteiger charge is 2.14. The van der Waals surface area contributed by atoms with Crippen molar-refractivity contribution in [1.29, 1.82) is 0 Å². The van der Waals surface area contributed by atoms with Gasteiger partial charge in [-0.05, 0) is 37.1 Å². The summed E-state index contributed by atoms with van der Waals surface area (Å²) in [7, 11) is 0. The third-order valence-electron chi connectivity index (χ3n) is 3.90. The number of rotatable bonds is 3. The average Bonchev–Trinajstić information content (AvgIpc) is 2.90. The van der Waals surface area contributed by atoms with Crippen LogP contribution in [0.4, 0.5) is 14.5 Å². The molecule has 0 atom stereocenters. The van der Waals surface area contributed by atoms with Gasteiger partial charge in [-0.15, -0.1) is 0 Å². The van der Waals surface area contributed by atoms with E-state index in [1.54, 1.807) is 0 Å². The van der Waals surface area contributed by atoms with Crippen molar-refractivity contribution in [3.63, 3.8) is 0 Å². The standard InChI is InChI=1S/C18H15F2NO2/c1-10-3-5-14-12(9-23-18(14)11(10)2)7-17(22)21-16-8-13(19)4-6-15(16)20/h3-6,8-9H,7H2,1-2H3,(H,21,22). The van der Waals surface area contributed by atoms with Crippen LogP contribution in [0.3, 0.4) is 0 Å². The fraction of sp³-hybridized carbons (Fsp3) is 0.167. The molecule has 0 fully saturated rings. The van der Waals surface area contributed by atoms with Gasteiger partial charge in [0.15, 0.2) is 0 Å². The molecule has 0 spiro atoms. The molecule has 0 aliphatic carbocycles. The van der Waals surface area contributed by atoms with E-state index in [4.69, 9.17) is 4.42 Å². The number of nitrogens with one attached hydrogen (secondary N) is 1. The molecule has 1 N–H and O–H groups in total. The molecule has 1 aromatic heterocycles. The third-order valence-corrected chi connectivity index (χ3v) is 3.90. The second kappa shape index (κ2) is 5.83. The number of hydrogen-bond donors (Lipinski definition) is 1. The van der Waals surface area contributed by atoms with Gasteiger partial charge in [0.25, 0.3) is 0 Å². The van der Waals surface area contributed by atoms with Gasteiger partial charge in [0.1, 0.15) is 17.2 Å². The van der Waals surface area contributed by atoms with Crippen molar-refractivity contribution in [2.75, 3.05) is 5.32 Å². The maximum absolute atomic E-state index is 13.6. The summed E-state index contributed by atoms with van der Waals surface area (Å²) in [6.45, 7) is 3.93. The predicted molar refractivity (Wildman–Crippen MR) is 84.4 cm³/mol. The molecule has 3 aromatic rings. The zero-order chi connectivity index (χ0) is 16.6. The first-order valence-electron chi connectivity index (χ1n) is 7.17. The lowest BCUT2D eigenvalue weighted by Crippen LogP contribution is -2.15. The van der Waals surface area contributed by atoms with E-state index in [9.17, 15) is 13.6 Å². The van der Waals surface area contributed by atoms with E-state index in [0.717, 1.165) is 40.3 Å². The van der Waals surface area contributed by atoms with Gasteiger partial charge in [0.2, 0.25) is 5.91 Å². The van der Waals surface area contributed by atoms with Crippen molar-refractivity contribution in [3.8, 4) is 0 Å². The highest BCUT2D eigenvalue weighted by atomic mass is 19.1. The summed E-state index contributed by atoms with van der Waals surface area (Å²) < 4.78 is 32.2. The van der Waals surface area contributed by atoms with Gasteiger partial charge in [-0.1, -0.05) is 12.1 Å². The normalized spacial score (nSPS) is 11.0. The number of amides is 1. The van der Waals surface area contributed by atoms with Gasteiger partial charge >= 0.3 is 0 Å². The first-order chi connectivity index (χ1) is 11.0. The Morgan fingerprint density at radius 1 is 1.17 bits per heavy atom. The first kappa shape index (κ1) is 15.2. The number of aryl methyl sites for hydroxylation is 2. The molecule has 1 heterocycles. The molecule has 3 rings (SSSR count). The molecule has 1 amide bonds. The Kier molecular flexibility index (Phi) is 3.86. The molecular formula is C18H15F2NO2. The van der Waals surface area contributed by atoms with E-state index < -0.39 is 17.5 Å². The summed E-state index contributed by atoms with van der Waals surface area (Å²) in [5.74, 6) is -1.72. The summed E-state index contributed by atoms with van der Waals surface area (Å²) in [4.78, 5) is 12.1. The summed E-state index contributed by atoms with van der Waals surface area (Å²) in [6, 6.07) is 6.78. The lowest BCUT2D eigenvalue weighted by Gasteiger charge is -2.06. The Bertz CT molecular complexity index is 899. The van der Waals surface area contributed by atoms with Crippen LogP contribution in [0.5, 0.6) is 0 Å². The van der Waals surface area contributed by atoms with E-state index >= 15 is 0 Å². The van der Waals surface area contributed by atoms with Crippen molar-refractivity contribution in [1.82, 2.24) is 0 Å². The Balaban J connectivity index is 1.83. The molecule has 0 unspecified atom stereocenters. The molecule has 0 saturated heterocycles. The maximum atomic E-state index is 13.6. The Labute approximate surface area is 131 Å². The van der Waals surface area contributed by atoms with Gasteiger partial charge in [-0.25, -0.2) is 8.78 Å². The number of carbonyl (C=O) groups is 1. The molecule has 0 aliphatic heterocycles. The zero-order valence-electron chi connectivity index (χ0n) is 12.7. The Morgan fingerprint density at radius 2 is 1.96 bits per heavy atom.